The van der Waals surface area contributed by atoms with Crippen molar-refractivity contribution in [3.63, 3.8) is 0 Å². The zero-order valence-corrected chi connectivity index (χ0v) is 18.6. The van der Waals surface area contributed by atoms with E-state index >= 15 is 0 Å². The molecule has 1 aromatic carbocycles. The minimum absolute atomic E-state index is 0.151. The van der Waals surface area contributed by atoms with Crippen LogP contribution in [0, 0.1) is 6.92 Å². The van der Waals surface area contributed by atoms with Gasteiger partial charge in [0.05, 0.1) is 11.4 Å². The lowest BCUT2D eigenvalue weighted by molar-refractivity contribution is -0.136. The van der Waals surface area contributed by atoms with Crippen molar-refractivity contribution in [3.05, 3.63) is 64.5 Å². The van der Waals surface area contributed by atoms with E-state index in [0.717, 1.165) is 47.6 Å². The predicted molar refractivity (Wildman–Crippen MR) is 124 cm³/mol. The van der Waals surface area contributed by atoms with Gasteiger partial charge in [-0.15, -0.1) is 0 Å². The Labute approximate surface area is 192 Å². The van der Waals surface area contributed by atoms with Crippen LogP contribution in [0.5, 0.6) is 0 Å². The summed E-state index contributed by atoms with van der Waals surface area (Å²) < 4.78 is 0. The van der Waals surface area contributed by atoms with Crippen molar-refractivity contribution < 1.29 is 14.4 Å². The maximum absolute atomic E-state index is 12.9. The number of nitrogens with zero attached hydrogens (tertiary/aromatic N) is 2. The Morgan fingerprint density at radius 1 is 1.18 bits per heavy atom. The van der Waals surface area contributed by atoms with Gasteiger partial charge in [-0.2, -0.15) is 0 Å². The van der Waals surface area contributed by atoms with Gasteiger partial charge < -0.3 is 15.5 Å². The van der Waals surface area contributed by atoms with Gasteiger partial charge in [-0.3, -0.25) is 24.7 Å². The number of hydrogen-bond acceptors (Lipinski definition) is 6. The van der Waals surface area contributed by atoms with E-state index in [2.05, 4.69) is 33.1 Å². The fraction of sp³-hybridized carbons (Fsp3) is 0.360. The minimum Gasteiger partial charge on any atom is -0.379 e. The molecule has 1 unspecified atom stereocenters. The number of aromatic nitrogens is 1. The van der Waals surface area contributed by atoms with Crippen molar-refractivity contribution in [2.75, 3.05) is 18.4 Å². The second kappa shape index (κ2) is 8.78. The predicted octanol–water partition coefficient (Wildman–Crippen LogP) is 2.14. The number of carbonyl (C=O) groups excluding carboxylic acids is 3. The fourth-order valence-corrected chi connectivity index (χ4v) is 4.71. The molecular weight excluding hydrogens is 418 g/mol. The van der Waals surface area contributed by atoms with E-state index < -0.39 is 6.04 Å². The van der Waals surface area contributed by atoms with Crippen molar-refractivity contribution in [2.24, 2.45) is 0 Å². The van der Waals surface area contributed by atoms with E-state index in [1.54, 1.807) is 4.90 Å². The fourth-order valence-electron chi connectivity index (χ4n) is 4.71. The average Bonchev–Trinajstić information content (AvgIpc) is 3.14. The van der Waals surface area contributed by atoms with Crippen LogP contribution in [0.1, 0.15) is 52.0 Å². The highest BCUT2D eigenvalue weighted by Gasteiger charge is 2.39. The number of benzene rings is 1. The number of carbonyl (C=O) groups is 3. The van der Waals surface area contributed by atoms with Crippen molar-refractivity contribution in [3.8, 4) is 0 Å². The molecule has 3 aliphatic rings. The quantitative estimate of drug-likeness (QED) is 0.610. The number of imide groups is 1. The molecule has 33 heavy (non-hydrogen) atoms. The van der Waals surface area contributed by atoms with Gasteiger partial charge in [-0.1, -0.05) is 18.2 Å². The highest BCUT2D eigenvalue weighted by Crippen LogP contribution is 2.29. The third-order valence-electron chi connectivity index (χ3n) is 6.59. The summed E-state index contributed by atoms with van der Waals surface area (Å²) in [6, 6.07) is 7.36. The van der Waals surface area contributed by atoms with Crippen LogP contribution >= 0.6 is 0 Å². The van der Waals surface area contributed by atoms with E-state index in [9.17, 15) is 14.4 Å². The molecule has 1 atom stereocenters. The summed E-state index contributed by atoms with van der Waals surface area (Å²) in [6.45, 7) is 4.84. The van der Waals surface area contributed by atoms with Crippen LogP contribution in [0.25, 0.3) is 5.57 Å². The van der Waals surface area contributed by atoms with Gasteiger partial charge in [0, 0.05) is 37.8 Å². The largest absolute Gasteiger partial charge is 0.379 e. The van der Waals surface area contributed by atoms with Gasteiger partial charge in [-0.05, 0) is 60.7 Å². The van der Waals surface area contributed by atoms with Crippen molar-refractivity contribution >= 4 is 29.0 Å². The molecule has 0 saturated carbocycles. The van der Waals surface area contributed by atoms with Gasteiger partial charge >= 0.3 is 0 Å². The Bertz CT molecular complexity index is 1170. The molecule has 2 aromatic rings. The van der Waals surface area contributed by atoms with E-state index in [0.29, 0.717) is 25.1 Å². The molecule has 0 bridgehead atoms. The Kier molecular flexibility index (Phi) is 5.68. The number of fused-ring (bicyclic) bond motifs is 1. The lowest BCUT2D eigenvalue weighted by atomic mass is 10.0. The Morgan fingerprint density at radius 3 is 2.85 bits per heavy atom. The van der Waals surface area contributed by atoms with E-state index in [1.165, 1.54) is 5.57 Å². The van der Waals surface area contributed by atoms with Crippen LogP contribution in [0.2, 0.25) is 0 Å². The molecule has 5 rings (SSSR count). The van der Waals surface area contributed by atoms with Crippen molar-refractivity contribution in [1.29, 1.82) is 0 Å². The Morgan fingerprint density at radius 2 is 2.06 bits per heavy atom. The van der Waals surface area contributed by atoms with Crippen molar-refractivity contribution in [2.45, 2.75) is 45.3 Å². The molecule has 1 fully saturated rings. The maximum atomic E-state index is 12.9. The van der Waals surface area contributed by atoms with Gasteiger partial charge in [-0.25, -0.2) is 0 Å². The topological polar surface area (TPSA) is 103 Å². The number of piperidine rings is 1. The molecule has 170 valence electrons. The first-order valence-corrected chi connectivity index (χ1v) is 11.4. The van der Waals surface area contributed by atoms with Crippen LogP contribution in [-0.4, -0.2) is 46.7 Å². The first-order chi connectivity index (χ1) is 16.0. The molecule has 0 radical (unpaired) electrons. The zero-order valence-electron chi connectivity index (χ0n) is 18.6. The van der Waals surface area contributed by atoms with Gasteiger partial charge in [0.25, 0.3) is 5.91 Å². The van der Waals surface area contributed by atoms with Crippen LogP contribution < -0.4 is 16.0 Å². The second-order valence-corrected chi connectivity index (χ2v) is 8.79. The van der Waals surface area contributed by atoms with Crippen LogP contribution in [0.3, 0.4) is 0 Å². The van der Waals surface area contributed by atoms with Gasteiger partial charge in [0.2, 0.25) is 11.8 Å². The first kappa shape index (κ1) is 21.3. The van der Waals surface area contributed by atoms with Crippen molar-refractivity contribution in [1.82, 2.24) is 20.5 Å². The Balaban J connectivity index is 1.29. The monoisotopic (exact) mass is 445 g/mol. The molecule has 4 heterocycles. The third kappa shape index (κ3) is 4.26. The highest BCUT2D eigenvalue weighted by molar-refractivity contribution is 6.05. The van der Waals surface area contributed by atoms with Crippen LogP contribution in [0.4, 0.5) is 5.69 Å². The zero-order chi connectivity index (χ0) is 22.9. The molecule has 8 nitrogen and oxygen atoms in total. The summed E-state index contributed by atoms with van der Waals surface area (Å²) >= 11 is 0. The first-order valence-electron chi connectivity index (χ1n) is 11.4. The normalized spacial score (nSPS) is 20.4. The molecule has 0 aliphatic carbocycles. The number of anilines is 1. The smallest absolute Gasteiger partial charge is 0.255 e. The molecule has 3 amide bonds. The van der Waals surface area contributed by atoms with Crippen LogP contribution in [-0.2, 0) is 22.7 Å². The molecule has 3 aliphatic heterocycles. The number of nitrogens with one attached hydrogen (secondary N) is 3. The number of pyridine rings is 1. The second-order valence-electron chi connectivity index (χ2n) is 8.79. The van der Waals surface area contributed by atoms with E-state index in [1.807, 2.05) is 31.3 Å². The average molecular weight is 446 g/mol. The van der Waals surface area contributed by atoms with Crippen LogP contribution in [0.15, 0.2) is 36.5 Å². The van der Waals surface area contributed by atoms with E-state index in [-0.39, 0.29) is 24.1 Å². The summed E-state index contributed by atoms with van der Waals surface area (Å²) in [5, 5.41) is 9.17. The number of hydrogen-bond donors (Lipinski definition) is 3. The summed E-state index contributed by atoms with van der Waals surface area (Å²) in [4.78, 5) is 42.7. The molecule has 8 heteroatoms. The number of aryl methyl sites for hydroxylation is 1. The van der Waals surface area contributed by atoms with Gasteiger partial charge in [0.1, 0.15) is 6.04 Å². The SMILES string of the molecule is Cc1ncc(C2=CCNCC2)cc1NCc1ccc2c(c1)CN(C1CCC(=O)NC1=O)C2=O. The number of rotatable bonds is 5. The Hall–Kier alpha value is -3.52. The summed E-state index contributed by atoms with van der Waals surface area (Å²) in [6.07, 6.45) is 5.76. The molecule has 1 saturated heterocycles. The molecule has 3 N–H and O–H groups in total. The maximum Gasteiger partial charge on any atom is 0.255 e. The highest BCUT2D eigenvalue weighted by atomic mass is 16.2. The summed E-state index contributed by atoms with van der Waals surface area (Å²) in [7, 11) is 0. The summed E-state index contributed by atoms with van der Waals surface area (Å²) in [5.74, 6) is -0.818. The number of amides is 3. The standard InChI is InChI=1S/C25H27N5O3/c1-15-21(11-18(13-27-15)17-6-8-26-9-7-17)28-12-16-2-3-20-19(10-16)14-30(25(20)33)22-4-5-23(31)29-24(22)32/h2-3,6,10-11,13,22,26,28H,4-5,7-9,12,14H2,1H3,(H,29,31,32). The third-order valence-corrected chi connectivity index (χ3v) is 6.59. The lowest BCUT2D eigenvalue weighted by Gasteiger charge is -2.29. The van der Waals surface area contributed by atoms with Gasteiger partial charge in [0.15, 0.2) is 0 Å². The van der Waals surface area contributed by atoms with E-state index in [4.69, 9.17) is 0 Å². The molecule has 0 spiro atoms. The molecular formula is C25H27N5O3. The summed E-state index contributed by atoms with van der Waals surface area (Å²) in [5.41, 5.74) is 6.98. The minimum atomic E-state index is -0.593. The lowest BCUT2D eigenvalue weighted by Crippen LogP contribution is -2.52. The molecule has 1 aromatic heterocycles.